The van der Waals surface area contributed by atoms with Gasteiger partial charge in [0.15, 0.2) is 11.4 Å². The van der Waals surface area contributed by atoms with E-state index in [4.69, 9.17) is 4.52 Å². The van der Waals surface area contributed by atoms with Crippen molar-refractivity contribution in [3.63, 3.8) is 0 Å². The number of hydrogen-bond acceptors (Lipinski definition) is 6. The molecule has 0 aliphatic heterocycles. The van der Waals surface area contributed by atoms with Crippen molar-refractivity contribution in [2.75, 3.05) is 0 Å². The molecule has 0 saturated heterocycles. The van der Waals surface area contributed by atoms with Crippen LogP contribution in [-0.4, -0.2) is 25.0 Å². The Kier molecular flexibility index (Phi) is 3.14. The van der Waals surface area contributed by atoms with Crippen molar-refractivity contribution < 1.29 is 4.52 Å². The van der Waals surface area contributed by atoms with E-state index in [1.165, 1.54) is 16.9 Å². The first-order chi connectivity index (χ1) is 12.3. The second-order valence-corrected chi connectivity index (χ2v) is 6.92. The Balaban J connectivity index is 1.54. The quantitative estimate of drug-likeness (QED) is 0.495. The van der Waals surface area contributed by atoms with Crippen LogP contribution in [-0.2, 0) is 6.42 Å². The maximum absolute atomic E-state index is 5.37. The van der Waals surface area contributed by atoms with Gasteiger partial charge in [0.05, 0.1) is 5.69 Å². The summed E-state index contributed by atoms with van der Waals surface area (Å²) >= 11 is 1.52. The topological polar surface area (TPSA) is 69.1 Å². The molecular formula is C18H13N5OS. The van der Waals surface area contributed by atoms with E-state index in [0.717, 1.165) is 38.0 Å². The molecule has 0 amide bonds. The average molecular weight is 347 g/mol. The standard InChI is InChI=1S/C18H13N5OS/c1-11-6-8-12(9-7-11)17-19-20-18-23(17)21-16(25-18)10-14-13-4-2-3-5-15(13)24-22-14/h2-9H,10H2,1H3. The minimum Gasteiger partial charge on any atom is -0.356 e. The van der Waals surface area contributed by atoms with Crippen molar-refractivity contribution in [3.05, 3.63) is 64.8 Å². The molecule has 0 aliphatic rings. The zero-order chi connectivity index (χ0) is 16.8. The molecule has 0 radical (unpaired) electrons. The van der Waals surface area contributed by atoms with Crippen LogP contribution in [0, 0.1) is 6.92 Å². The molecule has 0 fully saturated rings. The highest BCUT2D eigenvalue weighted by atomic mass is 32.1. The van der Waals surface area contributed by atoms with Gasteiger partial charge in [0, 0.05) is 17.4 Å². The van der Waals surface area contributed by atoms with Crippen molar-refractivity contribution in [1.82, 2.24) is 25.0 Å². The molecule has 0 atom stereocenters. The van der Waals surface area contributed by atoms with Gasteiger partial charge in [-0.15, -0.1) is 10.2 Å². The molecule has 2 aromatic carbocycles. The molecule has 5 aromatic rings. The maximum atomic E-state index is 5.37. The summed E-state index contributed by atoms with van der Waals surface area (Å²) in [6.45, 7) is 2.06. The van der Waals surface area contributed by atoms with E-state index in [2.05, 4.69) is 39.5 Å². The second-order valence-electron chi connectivity index (χ2n) is 5.88. The molecule has 3 aromatic heterocycles. The summed E-state index contributed by atoms with van der Waals surface area (Å²) in [4.78, 5) is 0.776. The molecule has 0 saturated carbocycles. The van der Waals surface area contributed by atoms with Crippen LogP contribution in [0.5, 0.6) is 0 Å². The minimum absolute atomic E-state index is 0.610. The molecular weight excluding hydrogens is 334 g/mol. The smallest absolute Gasteiger partial charge is 0.234 e. The van der Waals surface area contributed by atoms with Crippen LogP contribution >= 0.6 is 11.3 Å². The van der Waals surface area contributed by atoms with Gasteiger partial charge in [0.25, 0.3) is 0 Å². The van der Waals surface area contributed by atoms with E-state index in [-0.39, 0.29) is 0 Å². The first-order valence-electron chi connectivity index (χ1n) is 7.89. The number of aryl methyl sites for hydroxylation is 1. The van der Waals surface area contributed by atoms with E-state index in [1.807, 2.05) is 36.4 Å². The SMILES string of the molecule is Cc1ccc(-c2nnc3sc(Cc4noc5ccccc45)nn23)cc1. The Morgan fingerprint density at radius 2 is 1.88 bits per heavy atom. The van der Waals surface area contributed by atoms with Crippen LogP contribution in [0.1, 0.15) is 16.3 Å². The van der Waals surface area contributed by atoms with Crippen LogP contribution in [0.3, 0.4) is 0 Å². The molecule has 0 N–H and O–H groups in total. The maximum Gasteiger partial charge on any atom is 0.234 e. The van der Waals surface area contributed by atoms with Gasteiger partial charge in [-0.25, -0.2) is 0 Å². The molecule has 25 heavy (non-hydrogen) atoms. The van der Waals surface area contributed by atoms with E-state index in [0.29, 0.717) is 6.42 Å². The molecule has 0 spiro atoms. The summed E-state index contributed by atoms with van der Waals surface area (Å²) in [6.07, 6.45) is 0.610. The molecule has 7 heteroatoms. The summed E-state index contributed by atoms with van der Waals surface area (Å²) in [7, 11) is 0. The molecule has 5 rings (SSSR count). The largest absolute Gasteiger partial charge is 0.356 e. The van der Waals surface area contributed by atoms with Crippen LogP contribution in [0.2, 0.25) is 0 Å². The zero-order valence-electron chi connectivity index (χ0n) is 13.4. The van der Waals surface area contributed by atoms with Crippen molar-refractivity contribution >= 4 is 27.3 Å². The number of fused-ring (bicyclic) bond motifs is 2. The molecule has 0 bridgehead atoms. The van der Waals surface area contributed by atoms with E-state index < -0.39 is 0 Å². The van der Waals surface area contributed by atoms with Crippen molar-refractivity contribution in [3.8, 4) is 11.4 Å². The summed E-state index contributed by atoms with van der Waals surface area (Å²) < 4.78 is 7.17. The third-order valence-electron chi connectivity index (χ3n) is 4.11. The molecule has 0 aliphatic carbocycles. The summed E-state index contributed by atoms with van der Waals surface area (Å²) in [5, 5.41) is 19.3. The Hall–Kier alpha value is -3.06. The monoisotopic (exact) mass is 347 g/mol. The third-order valence-corrected chi connectivity index (χ3v) is 5.01. The Morgan fingerprint density at radius 3 is 2.76 bits per heavy atom. The fourth-order valence-corrected chi connectivity index (χ4v) is 3.66. The average Bonchev–Trinajstić information content (AvgIpc) is 3.31. The lowest BCUT2D eigenvalue weighted by molar-refractivity contribution is 0.448. The highest BCUT2D eigenvalue weighted by Gasteiger charge is 2.16. The molecule has 0 unspecified atom stereocenters. The number of nitrogens with zero attached hydrogens (tertiary/aromatic N) is 5. The molecule has 3 heterocycles. The highest BCUT2D eigenvalue weighted by molar-refractivity contribution is 7.16. The van der Waals surface area contributed by atoms with Crippen molar-refractivity contribution in [2.45, 2.75) is 13.3 Å². The number of para-hydroxylation sites is 1. The predicted molar refractivity (Wildman–Crippen MR) is 95.6 cm³/mol. The normalized spacial score (nSPS) is 11.6. The summed E-state index contributed by atoms with van der Waals surface area (Å²) in [6, 6.07) is 16.0. The van der Waals surface area contributed by atoms with Gasteiger partial charge in [-0.1, -0.05) is 58.5 Å². The van der Waals surface area contributed by atoms with Crippen LogP contribution < -0.4 is 0 Å². The van der Waals surface area contributed by atoms with Crippen LogP contribution in [0.25, 0.3) is 27.3 Å². The molecule has 6 nitrogen and oxygen atoms in total. The van der Waals surface area contributed by atoms with Gasteiger partial charge in [-0.3, -0.25) is 0 Å². The zero-order valence-corrected chi connectivity index (χ0v) is 14.2. The van der Waals surface area contributed by atoms with Gasteiger partial charge in [0.1, 0.15) is 5.01 Å². The van der Waals surface area contributed by atoms with Crippen molar-refractivity contribution in [1.29, 1.82) is 0 Å². The number of benzene rings is 2. The van der Waals surface area contributed by atoms with E-state index in [1.54, 1.807) is 4.52 Å². The highest BCUT2D eigenvalue weighted by Crippen LogP contribution is 2.25. The minimum atomic E-state index is 0.610. The number of rotatable bonds is 3. The summed E-state index contributed by atoms with van der Waals surface area (Å²) in [5.41, 5.74) is 3.89. The van der Waals surface area contributed by atoms with Crippen LogP contribution in [0.15, 0.2) is 53.1 Å². The third kappa shape index (κ3) is 2.40. The van der Waals surface area contributed by atoms with Crippen molar-refractivity contribution in [2.24, 2.45) is 0 Å². The Morgan fingerprint density at radius 1 is 1.04 bits per heavy atom. The van der Waals surface area contributed by atoms with Gasteiger partial charge in [-0.2, -0.15) is 9.61 Å². The van der Waals surface area contributed by atoms with E-state index >= 15 is 0 Å². The fourth-order valence-electron chi connectivity index (χ4n) is 2.82. The van der Waals surface area contributed by atoms with Gasteiger partial charge in [0.2, 0.25) is 4.96 Å². The van der Waals surface area contributed by atoms with Gasteiger partial charge in [-0.05, 0) is 19.1 Å². The fraction of sp³-hybridized carbons (Fsp3) is 0.111. The number of hydrogen-bond donors (Lipinski definition) is 0. The lowest BCUT2D eigenvalue weighted by atomic mass is 10.1. The van der Waals surface area contributed by atoms with Gasteiger partial charge < -0.3 is 4.52 Å². The first-order valence-corrected chi connectivity index (χ1v) is 8.71. The first kappa shape index (κ1) is 14.3. The number of aromatic nitrogens is 5. The Labute approximate surface area is 146 Å². The lowest BCUT2D eigenvalue weighted by Gasteiger charge is -1.97. The lowest BCUT2D eigenvalue weighted by Crippen LogP contribution is -1.94. The second kappa shape index (κ2) is 5.49. The summed E-state index contributed by atoms with van der Waals surface area (Å²) in [5.74, 6) is 0.752. The Bertz CT molecular complexity index is 1190. The van der Waals surface area contributed by atoms with Crippen LogP contribution in [0.4, 0.5) is 0 Å². The van der Waals surface area contributed by atoms with E-state index in [9.17, 15) is 0 Å². The predicted octanol–water partition coefficient (Wildman–Crippen LogP) is 3.89. The van der Waals surface area contributed by atoms with Gasteiger partial charge >= 0.3 is 0 Å². The molecule has 122 valence electrons.